The first-order chi connectivity index (χ1) is 12.7. The molecule has 1 aliphatic heterocycles. The summed E-state index contributed by atoms with van der Waals surface area (Å²) >= 11 is 9.22. The maximum absolute atomic E-state index is 12.6. The third-order valence-electron chi connectivity index (χ3n) is 4.19. The van der Waals surface area contributed by atoms with E-state index in [1.54, 1.807) is 11.8 Å². The Morgan fingerprint density at radius 1 is 1.46 bits per heavy atom. The number of aromatic nitrogens is 2. The first-order valence-electron chi connectivity index (χ1n) is 8.49. The number of nitrogens with zero attached hydrogens (tertiary/aromatic N) is 3. The molecule has 1 aromatic heterocycles. The third-order valence-corrected chi connectivity index (χ3v) is 6.53. The van der Waals surface area contributed by atoms with Gasteiger partial charge in [0.05, 0.1) is 5.92 Å². The summed E-state index contributed by atoms with van der Waals surface area (Å²) in [6.45, 7) is 6.17. The van der Waals surface area contributed by atoms with Crippen LogP contribution in [0.4, 0.5) is 5.13 Å². The average molecular weight is 409 g/mol. The normalized spacial score (nSPS) is 17.8. The molecule has 8 heteroatoms. The molecule has 2 heterocycles. The molecule has 1 saturated heterocycles. The summed E-state index contributed by atoms with van der Waals surface area (Å²) in [6.07, 6.45) is 3.71. The van der Waals surface area contributed by atoms with E-state index in [1.807, 2.05) is 30.3 Å². The number of nitrogens with one attached hydrogen (secondary N) is 1. The van der Waals surface area contributed by atoms with Gasteiger partial charge < -0.3 is 5.32 Å². The van der Waals surface area contributed by atoms with Gasteiger partial charge in [0.2, 0.25) is 11.0 Å². The highest BCUT2D eigenvalue weighted by Crippen LogP contribution is 2.27. The predicted octanol–water partition coefficient (Wildman–Crippen LogP) is 4.32. The molecule has 1 amide bonds. The minimum atomic E-state index is -0.0422. The Balaban J connectivity index is 1.55. The number of carbonyl (C=O) groups excluding carboxylic acids is 1. The van der Waals surface area contributed by atoms with Crippen LogP contribution in [0, 0.1) is 5.92 Å². The fourth-order valence-corrected chi connectivity index (χ4v) is 4.65. The van der Waals surface area contributed by atoms with Gasteiger partial charge in [-0.05, 0) is 31.0 Å². The maximum Gasteiger partial charge on any atom is 0.230 e. The second kappa shape index (κ2) is 9.50. The van der Waals surface area contributed by atoms with E-state index in [0.717, 1.165) is 53.2 Å². The fraction of sp³-hybridized carbons (Fsp3) is 0.389. The van der Waals surface area contributed by atoms with E-state index in [1.165, 1.54) is 11.3 Å². The SMILES string of the molecule is C=CCSc1nnc(NC(=O)[C@H]2CCCN(Cc3ccccc3Cl)C2)s1. The zero-order valence-electron chi connectivity index (χ0n) is 14.4. The van der Waals surface area contributed by atoms with E-state index < -0.39 is 0 Å². The lowest BCUT2D eigenvalue weighted by molar-refractivity contribution is -0.121. The number of halogens is 1. The van der Waals surface area contributed by atoms with Crippen LogP contribution < -0.4 is 5.32 Å². The zero-order chi connectivity index (χ0) is 18.4. The van der Waals surface area contributed by atoms with Crippen molar-refractivity contribution < 1.29 is 4.79 Å². The monoisotopic (exact) mass is 408 g/mol. The number of amides is 1. The van der Waals surface area contributed by atoms with Gasteiger partial charge in [-0.25, -0.2) is 0 Å². The summed E-state index contributed by atoms with van der Waals surface area (Å²) in [6, 6.07) is 7.87. The largest absolute Gasteiger partial charge is 0.300 e. The molecule has 1 fully saturated rings. The van der Waals surface area contributed by atoms with Crippen molar-refractivity contribution in [3.05, 3.63) is 47.5 Å². The van der Waals surface area contributed by atoms with Crippen molar-refractivity contribution in [3.63, 3.8) is 0 Å². The van der Waals surface area contributed by atoms with Gasteiger partial charge in [-0.1, -0.05) is 59.0 Å². The molecule has 1 aromatic carbocycles. The summed E-state index contributed by atoms with van der Waals surface area (Å²) in [5.41, 5.74) is 1.10. The van der Waals surface area contributed by atoms with E-state index >= 15 is 0 Å². The molecule has 0 aliphatic carbocycles. The Morgan fingerprint density at radius 2 is 2.31 bits per heavy atom. The molecule has 1 atom stereocenters. The lowest BCUT2D eigenvalue weighted by atomic mass is 9.97. The van der Waals surface area contributed by atoms with Gasteiger partial charge in [0.1, 0.15) is 0 Å². The van der Waals surface area contributed by atoms with Crippen molar-refractivity contribution in [2.45, 2.75) is 23.7 Å². The van der Waals surface area contributed by atoms with E-state index in [4.69, 9.17) is 11.6 Å². The second-order valence-corrected chi connectivity index (χ2v) is 8.78. The lowest BCUT2D eigenvalue weighted by Gasteiger charge is -2.32. The summed E-state index contributed by atoms with van der Waals surface area (Å²) < 4.78 is 0.837. The van der Waals surface area contributed by atoms with Crippen LogP contribution in [0.1, 0.15) is 18.4 Å². The number of hydrogen-bond acceptors (Lipinski definition) is 6. The van der Waals surface area contributed by atoms with Crippen LogP contribution in [-0.4, -0.2) is 39.8 Å². The van der Waals surface area contributed by atoms with E-state index in [2.05, 4.69) is 27.0 Å². The first kappa shape index (κ1) is 19.4. The Hall–Kier alpha value is -1.41. The summed E-state index contributed by atoms with van der Waals surface area (Å²) in [5.74, 6) is 0.757. The Labute approximate surface area is 166 Å². The van der Waals surface area contributed by atoms with Crippen LogP contribution in [-0.2, 0) is 11.3 Å². The lowest BCUT2D eigenvalue weighted by Crippen LogP contribution is -2.40. The van der Waals surface area contributed by atoms with Crippen LogP contribution in [0.3, 0.4) is 0 Å². The van der Waals surface area contributed by atoms with Gasteiger partial charge in [-0.15, -0.1) is 16.8 Å². The van der Waals surface area contributed by atoms with Crippen molar-refractivity contribution >= 4 is 45.7 Å². The first-order valence-corrected chi connectivity index (χ1v) is 10.7. The van der Waals surface area contributed by atoms with Gasteiger partial charge in [0.15, 0.2) is 4.34 Å². The van der Waals surface area contributed by atoms with Crippen LogP contribution in [0.2, 0.25) is 5.02 Å². The predicted molar refractivity (Wildman–Crippen MR) is 109 cm³/mol. The highest BCUT2D eigenvalue weighted by atomic mass is 35.5. The van der Waals surface area contributed by atoms with E-state index in [0.29, 0.717) is 5.13 Å². The highest BCUT2D eigenvalue weighted by Gasteiger charge is 2.26. The number of hydrogen-bond donors (Lipinski definition) is 1. The topological polar surface area (TPSA) is 58.1 Å². The number of carbonyl (C=O) groups is 1. The van der Waals surface area contributed by atoms with Crippen LogP contribution >= 0.6 is 34.7 Å². The van der Waals surface area contributed by atoms with Crippen molar-refractivity contribution in [1.82, 2.24) is 15.1 Å². The number of anilines is 1. The fourth-order valence-electron chi connectivity index (χ4n) is 2.94. The molecule has 1 aliphatic rings. The van der Waals surface area contributed by atoms with Gasteiger partial charge in [-0.3, -0.25) is 9.69 Å². The zero-order valence-corrected chi connectivity index (χ0v) is 16.7. The quantitative estimate of drug-likeness (QED) is 0.420. The van der Waals surface area contributed by atoms with Crippen molar-refractivity contribution in [2.24, 2.45) is 5.92 Å². The molecule has 0 spiro atoms. The van der Waals surface area contributed by atoms with Gasteiger partial charge >= 0.3 is 0 Å². The molecule has 5 nitrogen and oxygen atoms in total. The number of thioether (sulfide) groups is 1. The molecule has 26 heavy (non-hydrogen) atoms. The van der Waals surface area contributed by atoms with Crippen LogP contribution in [0.15, 0.2) is 41.3 Å². The standard InChI is InChI=1S/C18H21ClN4OS2/c1-2-10-25-18-22-21-17(26-18)20-16(24)14-7-5-9-23(12-14)11-13-6-3-4-8-15(13)19/h2-4,6,8,14H,1,5,7,9-12H2,(H,20,21,24)/t14-/m0/s1. The van der Waals surface area contributed by atoms with Gasteiger partial charge in [-0.2, -0.15) is 0 Å². The van der Waals surface area contributed by atoms with Gasteiger partial charge in [0.25, 0.3) is 0 Å². The summed E-state index contributed by atoms with van der Waals surface area (Å²) in [4.78, 5) is 14.9. The highest BCUT2D eigenvalue weighted by molar-refractivity contribution is 8.01. The summed E-state index contributed by atoms with van der Waals surface area (Å²) in [7, 11) is 0. The molecule has 0 unspecified atom stereocenters. The van der Waals surface area contributed by atoms with Crippen molar-refractivity contribution in [2.75, 3.05) is 24.2 Å². The number of piperidine rings is 1. The minimum Gasteiger partial charge on any atom is -0.300 e. The molecule has 0 saturated carbocycles. The third kappa shape index (κ3) is 5.30. The molecule has 0 radical (unpaired) electrons. The average Bonchev–Trinajstić information content (AvgIpc) is 3.09. The number of likely N-dealkylation sites (tertiary alicyclic amines) is 1. The Kier molecular flexibility index (Phi) is 7.07. The van der Waals surface area contributed by atoms with Crippen LogP contribution in [0.25, 0.3) is 0 Å². The van der Waals surface area contributed by atoms with Gasteiger partial charge in [0, 0.05) is 23.9 Å². The van der Waals surface area contributed by atoms with E-state index in [9.17, 15) is 4.79 Å². The Bertz CT molecular complexity index is 767. The molecule has 2 aromatic rings. The molecule has 138 valence electrons. The second-order valence-electron chi connectivity index (χ2n) is 6.13. The molecular weight excluding hydrogens is 388 g/mol. The van der Waals surface area contributed by atoms with Crippen molar-refractivity contribution in [1.29, 1.82) is 0 Å². The Morgan fingerprint density at radius 3 is 3.12 bits per heavy atom. The molecule has 1 N–H and O–H groups in total. The number of benzene rings is 1. The van der Waals surface area contributed by atoms with E-state index in [-0.39, 0.29) is 11.8 Å². The maximum atomic E-state index is 12.6. The van der Waals surface area contributed by atoms with Crippen LogP contribution in [0.5, 0.6) is 0 Å². The number of rotatable bonds is 7. The molecule has 0 bridgehead atoms. The summed E-state index contributed by atoms with van der Waals surface area (Å²) in [5, 5.41) is 12.4. The smallest absolute Gasteiger partial charge is 0.230 e. The minimum absolute atomic E-state index is 0.0188. The molecule has 3 rings (SSSR count). The molecular formula is C18H21ClN4OS2. The van der Waals surface area contributed by atoms with Crippen molar-refractivity contribution in [3.8, 4) is 0 Å².